The zero-order valence-electron chi connectivity index (χ0n) is 10.8. The van der Waals surface area contributed by atoms with Gasteiger partial charge in [-0.2, -0.15) is 0 Å². The van der Waals surface area contributed by atoms with Crippen LogP contribution in [0.5, 0.6) is 0 Å². The van der Waals surface area contributed by atoms with Gasteiger partial charge in [0.25, 0.3) is 0 Å². The lowest BCUT2D eigenvalue weighted by Crippen LogP contribution is -2.27. The third kappa shape index (κ3) is 2.19. The monoisotopic (exact) mass is 260 g/mol. The summed E-state index contributed by atoms with van der Waals surface area (Å²) in [5.41, 5.74) is 0.833. The summed E-state index contributed by atoms with van der Waals surface area (Å²) >= 11 is 0. The van der Waals surface area contributed by atoms with E-state index in [1.165, 1.54) is 12.8 Å². The maximum Gasteiger partial charge on any atom is 0.335 e. The average molecular weight is 260 g/mol. The van der Waals surface area contributed by atoms with E-state index in [1.54, 1.807) is 18.3 Å². The van der Waals surface area contributed by atoms with Gasteiger partial charge in [-0.1, -0.05) is 0 Å². The van der Waals surface area contributed by atoms with Crippen molar-refractivity contribution in [3.63, 3.8) is 0 Å². The second-order valence-corrected chi connectivity index (χ2v) is 5.05. The minimum atomic E-state index is -0.942. The molecule has 6 heteroatoms. The molecule has 1 saturated heterocycles. The molecule has 0 aliphatic carbocycles. The van der Waals surface area contributed by atoms with Gasteiger partial charge in [0, 0.05) is 18.7 Å². The van der Waals surface area contributed by atoms with Gasteiger partial charge in [-0.25, -0.2) is 4.79 Å². The summed E-state index contributed by atoms with van der Waals surface area (Å²) in [4.78, 5) is 13.2. The van der Waals surface area contributed by atoms with Crippen LogP contribution in [0.15, 0.2) is 18.3 Å². The van der Waals surface area contributed by atoms with Crippen LogP contribution < -0.4 is 0 Å². The summed E-state index contributed by atoms with van der Waals surface area (Å²) in [6.45, 7) is 1.13. The molecule has 3 rings (SSSR count). The minimum Gasteiger partial charge on any atom is -0.478 e. The molecule has 6 nitrogen and oxygen atoms in total. The molecule has 1 fully saturated rings. The summed E-state index contributed by atoms with van der Waals surface area (Å²) in [7, 11) is 2.13. The smallest absolute Gasteiger partial charge is 0.335 e. The van der Waals surface area contributed by atoms with E-state index in [9.17, 15) is 4.79 Å². The number of carbonyl (C=O) groups is 1. The van der Waals surface area contributed by atoms with Crippen molar-refractivity contribution in [3.05, 3.63) is 29.7 Å². The molecule has 0 aromatic carbocycles. The standard InChI is InChI=1S/C13H16N4O2/c1-16-5-2-3-10(16)8-12-15-14-11-7-9(13(18)19)4-6-17(11)12/h4,6-7,10H,2-3,5,8H2,1H3,(H,18,19). The number of pyridine rings is 1. The van der Waals surface area contributed by atoms with Crippen molar-refractivity contribution < 1.29 is 9.90 Å². The number of aromatic nitrogens is 3. The van der Waals surface area contributed by atoms with Crippen molar-refractivity contribution >= 4 is 11.6 Å². The van der Waals surface area contributed by atoms with E-state index >= 15 is 0 Å². The van der Waals surface area contributed by atoms with E-state index < -0.39 is 5.97 Å². The lowest BCUT2D eigenvalue weighted by atomic mass is 10.1. The Morgan fingerprint density at radius 1 is 1.53 bits per heavy atom. The molecule has 2 aromatic rings. The van der Waals surface area contributed by atoms with E-state index in [1.807, 2.05) is 4.40 Å². The molecule has 0 amide bonds. The van der Waals surface area contributed by atoms with Gasteiger partial charge in [-0.3, -0.25) is 4.40 Å². The molecule has 1 aliphatic rings. The van der Waals surface area contributed by atoms with E-state index in [0.29, 0.717) is 11.7 Å². The van der Waals surface area contributed by atoms with Gasteiger partial charge in [-0.15, -0.1) is 10.2 Å². The zero-order chi connectivity index (χ0) is 13.4. The molecule has 1 N–H and O–H groups in total. The normalized spacial score (nSPS) is 20.2. The number of hydrogen-bond donors (Lipinski definition) is 1. The number of likely N-dealkylation sites (N-methyl/N-ethyl adjacent to an activating group) is 1. The van der Waals surface area contributed by atoms with Crippen LogP contribution in [0.1, 0.15) is 29.0 Å². The summed E-state index contributed by atoms with van der Waals surface area (Å²) in [6, 6.07) is 3.64. The van der Waals surface area contributed by atoms with Crippen molar-refractivity contribution in [3.8, 4) is 0 Å². The molecule has 2 aromatic heterocycles. The van der Waals surface area contributed by atoms with E-state index in [-0.39, 0.29) is 5.56 Å². The number of nitrogens with zero attached hydrogens (tertiary/aromatic N) is 4. The first-order valence-corrected chi connectivity index (χ1v) is 6.42. The van der Waals surface area contributed by atoms with Crippen LogP contribution in [0.2, 0.25) is 0 Å². The predicted octanol–water partition coefficient (Wildman–Crippen LogP) is 1.06. The third-order valence-corrected chi connectivity index (χ3v) is 3.82. The Morgan fingerprint density at radius 3 is 3.05 bits per heavy atom. The highest BCUT2D eigenvalue weighted by Gasteiger charge is 2.23. The Bertz CT molecular complexity index is 622. The van der Waals surface area contributed by atoms with Gasteiger partial charge in [0.05, 0.1) is 5.56 Å². The van der Waals surface area contributed by atoms with Crippen LogP contribution in [0, 0.1) is 0 Å². The Kier molecular flexibility index (Phi) is 2.94. The number of fused-ring (bicyclic) bond motifs is 1. The van der Waals surface area contributed by atoms with E-state index in [0.717, 1.165) is 18.8 Å². The largest absolute Gasteiger partial charge is 0.478 e. The number of aromatic carboxylic acids is 1. The van der Waals surface area contributed by atoms with Crippen LogP contribution >= 0.6 is 0 Å². The quantitative estimate of drug-likeness (QED) is 0.893. The highest BCUT2D eigenvalue weighted by atomic mass is 16.4. The molecule has 19 heavy (non-hydrogen) atoms. The van der Waals surface area contributed by atoms with Crippen LogP contribution in [0.4, 0.5) is 0 Å². The second kappa shape index (κ2) is 4.62. The van der Waals surface area contributed by atoms with Crippen molar-refractivity contribution in [2.75, 3.05) is 13.6 Å². The Labute approximate surface area is 110 Å². The first-order valence-electron chi connectivity index (χ1n) is 6.42. The Hall–Kier alpha value is -1.95. The summed E-state index contributed by atoms with van der Waals surface area (Å²) in [5.74, 6) is -0.0479. The number of carboxylic acids is 1. The Balaban J connectivity index is 1.90. The van der Waals surface area contributed by atoms with Crippen molar-refractivity contribution in [2.45, 2.75) is 25.3 Å². The van der Waals surface area contributed by atoms with Crippen molar-refractivity contribution in [1.29, 1.82) is 0 Å². The predicted molar refractivity (Wildman–Crippen MR) is 69.3 cm³/mol. The lowest BCUT2D eigenvalue weighted by molar-refractivity contribution is 0.0697. The lowest BCUT2D eigenvalue weighted by Gasteiger charge is -2.18. The third-order valence-electron chi connectivity index (χ3n) is 3.82. The molecule has 1 atom stereocenters. The molecule has 1 unspecified atom stereocenters. The molecule has 0 saturated carbocycles. The van der Waals surface area contributed by atoms with Crippen LogP contribution in [0.3, 0.4) is 0 Å². The Morgan fingerprint density at radius 2 is 2.37 bits per heavy atom. The topological polar surface area (TPSA) is 70.7 Å². The molecule has 100 valence electrons. The summed E-state index contributed by atoms with van der Waals surface area (Å²) in [5, 5.41) is 17.2. The van der Waals surface area contributed by atoms with Crippen molar-refractivity contribution in [2.24, 2.45) is 0 Å². The number of likely N-dealkylation sites (tertiary alicyclic amines) is 1. The summed E-state index contributed by atoms with van der Waals surface area (Å²) in [6.07, 6.45) is 4.99. The van der Waals surface area contributed by atoms with Gasteiger partial charge in [0.2, 0.25) is 0 Å². The van der Waals surface area contributed by atoms with Gasteiger partial charge in [-0.05, 0) is 38.6 Å². The fourth-order valence-corrected chi connectivity index (χ4v) is 2.66. The molecular weight excluding hydrogens is 244 g/mol. The highest BCUT2D eigenvalue weighted by Crippen LogP contribution is 2.19. The minimum absolute atomic E-state index is 0.240. The number of rotatable bonds is 3. The molecule has 1 aliphatic heterocycles. The molecule has 0 bridgehead atoms. The molecule has 0 radical (unpaired) electrons. The van der Waals surface area contributed by atoms with Gasteiger partial charge in [0.1, 0.15) is 5.82 Å². The first-order chi connectivity index (χ1) is 9.15. The van der Waals surface area contributed by atoms with Gasteiger partial charge < -0.3 is 10.0 Å². The molecular formula is C13H16N4O2. The SMILES string of the molecule is CN1CCCC1Cc1nnc2cc(C(=O)O)ccn12. The molecule has 3 heterocycles. The van der Waals surface area contributed by atoms with Crippen molar-refractivity contribution in [1.82, 2.24) is 19.5 Å². The van der Waals surface area contributed by atoms with E-state index in [2.05, 4.69) is 22.1 Å². The maximum atomic E-state index is 10.9. The number of carboxylic acid groups (broad SMARTS) is 1. The van der Waals surface area contributed by atoms with E-state index in [4.69, 9.17) is 5.11 Å². The molecule has 0 spiro atoms. The first kappa shape index (κ1) is 12.1. The second-order valence-electron chi connectivity index (χ2n) is 5.05. The number of hydrogen-bond acceptors (Lipinski definition) is 4. The van der Waals surface area contributed by atoms with Crippen LogP contribution in [0.25, 0.3) is 5.65 Å². The van der Waals surface area contributed by atoms with Gasteiger partial charge >= 0.3 is 5.97 Å². The van der Waals surface area contributed by atoms with Crippen LogP contribution in [-0.2, 0) is 6.42 Å². The maximum absolute atomic E-state index is 10.9. The highest BCUT2D eigenvalue weighted by molar-refractivity contribution is 5.88. The fraction of sp³-hybridized carbons (Fsp3) is 0.462. The fourth-order valence-electron chi connectivity index (χ4n) is 2.66. The zero-order valence-corrected chi connectivity index (χ0v) is 10.8. The average Bonchev–Trinajstić information content (AvgIpc) is 2.97. The van der Waals surface area contributed by atoms with Gasteiger partial charge in [0.15, 0.2) is 5.65 Å². The summed E-state index contributed by atoms with van der Waals surface area (Å²) < 4.78 is 1.87. The van der Waals surface area contributed by atoms with Crippen LogP contribution in [-0.4, -0.2) is 50.2 Å².